The van der Waals surface area contributed by atoms with Crippen molar-refractivity contribution in [3.8, 4) is 0 Å². The summed E-state index contributed by atoms with van der Waals surface area (Å²) in [5, 5.41) is 0. The molecule has 1 aliphatic carbocycles. The molecule has 0 aromatic rings. The van der Waals surface area contributed by atoms with Crippen LogP contribution in [0.25, 0.3) is 0 Å². The van der Waals surface area contributed by atoms with E-state index in [-0.39, 0.29) is 11.8 Å². The van der Waals surface area contributed by atoms with E-state index < -0.39 is 0 Å². The highest BCUT2D eigenvalue weighted by Crippen LogP contribution is 2.32. The van der Waals surface area contributed by atoms with E-state index in [1.54, 1.807) is 0 Å². The first-order chi connectivity index (χ1) is 7.72. The normalized spacial score (nSPS) is 35.7. The maximum atomic E-state index is 11.3. The minimum Gasteiger partial charge on any atom is -0.375 e. The van der Waals surface area contributed by atoms with Gasteiger partial charge in [0.05, 0.1) is 12.7 Å². The molecule has 4 nitrogen and oxygen atoms in total. The fraction of sp³-hybridized carbons (Fsp3) is 0.917. The lowest BCUT2D eigenvalue weighted by atomic mass is 9.82. The van der Waals surface area contributed by atoms with Crippen LogP contribution in [0.2, 0.25) is 0 Å². The molecule has 1 saturated carbocycles. The molecule has 0 radical (unpaired) electrons. The molecule has 1 amide bonds. The van der Waals surface area contributed by atoms with Gasteiger partial charge in [0.25, 0.3) is 0 Å². The number of amides is 1. The third kappa shape index (κ3) is 2.38. The second kappa shape index (κ2) is 5.15. The second-order valence-electron chi connectivity index (χ2n) is 4.92. The number of rotatable bonds is 3. The molecule has 1 heterocycles. The van der Waals surface area contributed by atoms with E-state index in [9.17, 15) is 4.79 Å². The fourth-order valence-corrected chi connectivity index (χ4v) is 3.01. The van der Waals surface area contributed by atoms with Crippen LogP contribution in [0, 0.1) is 5.92 Å². The van der Waals surface area contributed by atoms with Gasteiger partial charge in [-0.3, -0.25) is 9.69 Å². The third-order valence-electron chi connectivity index (χ3n) is 3.85. The third-order valence-corrected chi connectivity index (χ3v) is 3.85. The Hall–Kier alpha value is -0.610. The predicted octanol–water partition coefficient (Wildman–Crippen LogP) is 0.751. The molecule has 2 fully saturated rings. The van der Waals surface area contributed by atoms with Gasteiger partial charge in [0.2, 0.25) is 5.91 Å². The number of nitrogens with zero attached hydrogens (tertiary/aromatic N) is 1. The van der Waals surface area contributed by atoms with E-state index in [0.29, 0.717) is 12.1 Å². The molecule has 0 aromatic heterocycles. The minimum absolute atomic E-state index is 0.0577. The van der Waals surface area contributed by atoms with Crippen LogP contribution < -0.4 is 5.73 Å². The van der Waals surface area contributed by atoms with Crippen molar-refractivity contribution >= 4 is 5.91 Å². The van der Waals surface area contributed by atoms with Crippen molar-refractivity contribution in [3.63, 3.8) is 0 Å². The zero-order chi connectivity index (χ0) is 11.5. The fourth-order valence-electron chi connectivity index (χ4n) is 3.01. The SMILES string of the molecule is CCCN1CCO[C@@H]2CC[C@H](C(N)=O)C[C@H]21. The molecule has 16 heavy (non-hydrogen) atoms. The molecule has 3 atom stereocenters. The highest BCUT2D eigenvalue weighted by molar-refractivity contribution is 5.76. The first kappa shape index (κ1) is 11.9. The molecule has 2 rings (SSSR count). The number of ether oxygens (including phenoxy) is 1. The van der Waals surface area contributed by atoms with Crippen molar-refractivity contribution in [2.24, 2.45) is 11.7 Å². The lowest BCUT2D eigenvalue weighted by Crippen LogP contribution is -2.55. The van der Waals surface area contributed by atoms with Crippen LogP contribution in [0.1, 0.15) is 32.6 Å². The van der Waals surface area contributed by atoms with Gasteiger partial charge in [-0.15, -0.1) is 0 Å². The lowest BCUT2D eigenvalue weighted by Gasteiger charge is -2.45. The summed E-state index contributed by atoms with van der Waals surface area (Å²) < 4.78 is 5.79. The monoisotopic (exact) mass is 226 g/mol. The van der Waals surface area contributed by atoms with E-state index >= 15 is 0 Å². The van der Waals surface area contributed by atoms with Crippen LogP contribution in [0.15, 0.2) is 0 Å². The Balaban J connectivity index is 2.01. The zero-order valence-electron chi connectivity index (χ0n) is 10.0. The summed E-state index contributed by atoms with van der Waals surface area (Å²) in [7, 11) is 0. The Kier molecular flexibility index (Phi) is 3.82. The number of carbonyl (C=O) groups is 1. The Bertz CT molecular complexity index is 255. The minimum atomic E-state index is -0.138. The molecule has 0 bridgehead atoms. The number of morpholine rings is 1. The van der Waals surface area contributed by atoms with Crippen LogP contribution in [0.4, 0.5) is 0 Å². The first-order valence-corrected chi connectivity index (χ1v) is 6.37. The van der Waals surface area contributed by atoms with E-state index in [0.717, 1.165) is 45.4 Å². The predicted molar refractivity (Wildman–Crippen MR) is 61.9 cm³/mol. The number of carbonyl (C=O) groups excluding carboxylic acids is 1. The highest BCUT2D eigenvalue weighted by atomic mass is 16.5. The zero-order valence-corrected chi connectivity index (χ0v) is 10.0. The van der Waals surface area contributed by atoms with Gasteiger partial charge in [0.1, 0.15) is 0 Å². The molecular formula is C12H22N2O2. The Labute approximate surface area is 97.1 Å². The van der Waals surface area contributed by atoms with E-state index in [4.69, 9.17) is 10.5 Å². The molecule has 1 saturated heterocycles. The van der Waals surface area contributed by atoms with Crippen molar-refractivity contribution in [1.82, 2.24) is 4.90 Å². The maximum Gasteiger partial charge on any atom is 0.220 e. The second-order valence-corrected chi connectivity index (χ2v) is 4.92. The van der Waals surface area contributed by atoms with Gasteiger partial charge in [0.15, 0.2) is 0 Å². The summed E-state index contributed by atoms with van der Waals surface area (Å²) >= 11 is 0. The lowest BCUT2D eigenvalue weighted by molar-refractivity contribution is -0.130. The largest absolute Gasteiger partial charge is 0.375 e. The van der Waals surface area contributed by atoms with Crippen LogP contribution >= 0.6 is 0 Å². The van der Waals surface area contributed by atoms with Crippen molar-refractivity contribution in [2.75, 3.05) is 19.7 Å². The number of fused-ring (bicyclic) bond motifs is 1. The summed E-state index contributed by atoms with van der Waals surface area (Å²) in [6, 6.07) is 0.417. The van der Waals surface area contributed by atoms with Crippen LogP contribution in [0.5, 0.6) is 0 Å². The summed E-state index contributed by atoms with van der Waals surface area (Å²) in [5.41, 5.74) is 5.41. The number of hydrogen-bond donors (Lipinski definition) is 1. The highest BCUT2D eigenvalue weighted by Gasteiger charge is 2.38. The summed E-state index contributed by atoms with van der Waals surface area (Å²) in [6.45, 7) is 5.14. The van der Waals surface area contributed by atoms with E-state index in [2.05, 4.69) is 11.8 Å². The van der Waals surface area contributed by atoms with Gasteiger partial charge in [-0.05, 0) is 32.2 Å². The van der Waals surface area contributed by atoms with Crippen molar-refractivity contribution in [3.05, 3.63) is 0 Å². The maximum absolute atomic E-state index is 11.3. The summed E-state index contributed by atoms with van der Waals surface area (Å²) in [6.07, 6.45) is 4.26. The molecule has 0 aromatic carbocycles. The Morgan fingerprint density at radius 2 is 2.31 bits per heavy atom. The van der Waals surface area contributed by atoms with Crippen molar-refractivity contribution in [1.29, 1.82) is 0 Å². The van der Waals surface area contributed by atoms with E-state index in [1.165, 1.54) is 0 Å². The van der Waals surface area contributed by atoms with Gasteiger partial charge < -0.3 is 10.5 Å². The van der Waals surface area contributed by atoms with Gasteiger partial charge in [-0.25, -0.2) is 0 Å². The van der Waals surface area contributed by atoms with Crippen molar-refractivity contribution < 1.29 is 9.53 Å². The topological polar surface area (TPSA) is 55.6 Å². The van der Waals surface area contributed by atoms with Gasteiger partial charge in [0, 0.05) is 18.5 Å². The Morgan fingerprint density at radius 3 is 3.00 bits per heavy atom. The van der Waals surface area contributed by atoms with Gasteiger partial charge in [-0.2, -0.15) is 0 Å². The number of hydrogen-bond acceptors (Lipinski definition) is 3. The molecule has 4 heteroatoms. The molecule has 0 spiro atoms. The van der Waals surface area contributed by atoms with Gasteiger partial charge >= 0.3 is 0 Å². The Morgan fingerprint density at radius 1 is 1.50 bits per heavy atom. The van der Waals surface area contributed by atoms with Crippen LogP contribution in [-0.2, 0) is 9.53 Å². The average molecular weight is 226 g/mol. The first-order valence-electron chi connectivity index (χ1n) is 6.37. The van der Waals surface area contributed by atoms with E-state index in [1.807, 2.05) is 0 Å². The molecule has 2 N–H and O–H groups in total. The molecule has 92 valence electrons. The van der Waals surface area contributed by atoms with Crippen LogP contribution in [0.3, 0.4) is 0 Å². The molecule has 0 unspecified atom stereocenters. The smallest absolute Gasteiger partial charge is 0.220 e. The number of primary amides is 1. The number of nitrogens with two attached hydrogens (primary N) is 1. The average Bonchev–Trinajstić information content (AvgIpc) is 2.29. The quantitative estimate of drug-likeness (QED) is 0.772. The molecular weight excluding hydrogens is 204 g/mol. The molecule has 1 aliphatic heterocycles. The summed E-state index contributed by atoms with van der Waals surface area (Å²) in [4.78, 5) is 13.7. The summed E-state index contributed by atoms with van der Waals surface area (Å²) in [5.74, 6) is -0.0808. The van der Waals surface area contributed by atoms with Crippen molar-refractivity contribution in [2.45, 2.75) is 44.8 Å². The van der Waals surface area contributed by atoms with Gasteiger partial charge in [-0.1, -0.05) is 6.92 Å². The molecule has 2 aliphatic rings. The standard InChI is InChI=1S/C12H22N2O2/c1-2-5-14-6-7-16-11-4-3-9(12(13)15)8-10(11)14/h9-11H,2-8H2,1H3,(H2,13,15)/t9-,10+,11+/m0/s1. The van der Waals surface area contributed by atoms with Crippen LogP contribution in [-0.4, -0.2) is 42.6 Å².